The van der Waals surface area contributed by atoms with E-state index in [1.54, 1.807) is 0 Å². The Hall–Kier alpha value is -0.980. The molecule has 1 fully saturated rings. The quantitative estimate of drug-likeness (QED) is 0.857. The maximum Gasteiger partial charge on any atom is 0.246 e. The van der Waals surface area contributed by atoms with Crippen LogP contribution in [0.5, 0.6) is 0 Å². The van der Waals surface area contributed by atoms with Crippen LogP contribution in [0, 0.1) is 0 Å². The van der Waals surface area contributed by atoms with Gasteiger partial charge in [-0.25, -0.2) is 0 Å². The standard InChI is InChI=1S/C14H26N4O2/c1-4-6-14(3,15)13-16-12(17-20-13)11-10-18(7-5-2)8-9-19-11/h11H,4-10,15H2,1-3H3. The van der Waals surface area contributed by atoms with Crippen molar-refractivity contribution in [1.82, 2.24) is 15.0 Å². The number of hydrogen-bond acceptors (Lipinski definition) is 6. The van der Waals surface area contributed by atoms with Gasteiger partial charge in [-0.1, -0.05) is 25.4 Å². The van der Waals surface area contributed by atoms with E-state index in [2.05, 4.69) is 28.9 Å². The van der Waals surface area contributed by atoms with Crippen LogP contribution >= 0.6 is 0 Å². The molecule has 0 amide bonds. The Balaban J connectivity index is 2.04. The molecule has 2 heterocycles. The summed E-state index contributed by atoms with van der Waals surface area (Å²) in [6, 6.07) is 0. The summed E-state index contributed by atoms with van der Waals surface area (Å²) in [6.07, 6.45) is 2.84. The van der Waals surface area contributed by atoms with Gasteiger partial charge < -0.3 is 15.0 Å². The summed E-state index contributed by atoms with van der Waals surface area (Å²) in [5.41, 5.74) is 5.66. The normalized spacial score (nSPS) is 23.7. The highest BCUT2D eigenvalue weighted by Gasteiger charge is 2.31. The van der Waals surface area contributed by atoms with Gasteiger partial charge in [-0.15, -0.1) is 0 Å². The van der Waals surface area contributed by atoms with E-state index in [0.29, 0.717) is 18.3 Å². The van der Waals surface area contributed by atoms with Crippen LogP contribution in [0.3, 0.4) is 0 Å². The molecule has 1 aromatic rings. The van der Waals surface area contributed by atoms with Gasteiger partial charge in [0.1, 0.15) is 6.10 Å². The van der Waals surface area contributed by atoms with Crippen LogP contribution in [0.15, 0.2) is 4.52 Å². The third-order valence-corrected chi connectivity index (χ3v) is 3.68. The third-order valence-electron chi connectivity index (χ3n) is 3.68. The number of morpholine rings is 1. The summed E-state index contributed by atoms with van der Waals surface area (Å²) in [5, 5.41) is 4.07. The lowest BCUT2D eigenvalue weighted by molar-refractivity contribution is -0.0350. The number of hydrogen-bond donors (Lipinski definition) is 1. The van der Waals surface area contributed by atoms with Gasteiger partial charge in [0.2, 0.25) is 11.7 Å². The molecule has 114 valence electrons. The van der Waals surface area contributed by atoms with Crippen molar-refractivity contribution in [2.75, 3.05) is 26.2 Å². The van der Waals surface area contributed by atoms with Gasteiger partial charge in [0, 0.05) is 13.1 Å². The zero-order valence-electron chi connectivity index (χ0n) is 12.8. The van der Waals surface area contributed by atoms with Gasteiger partial charge in [0.05, 0.1) is 12.1 Å². The fourth-order valence-electron chi connectivity index (χ4n) is 2.60. The predicted octanol–water partition coefficient (Wildman–Crippen LogP) is 1.83. The Bertz CT molecular complexity index is 417. The highest BCUT2D eigenvalue weighted by atomic mass is 16.5. The average molecular weight is 282 g/mol. The van der Waals surface area contributed by atoms with Crippen molar-refractivity contribution >= 4 is 0 Å². The van der Waals surface area contributed by atoms with Crippen molar-refractivity contribution in [2.24, 2.45) is 5.73 Å². The van der Waals surface area contributed by atoms with E-state index in [-0.39, 0.29) is 6.10 Å². The monoisotopic (exact) mass is 282 g/mol. The summed E-state index contributed by atoms with van der Waals surface area (Å²) in [4.78, 5) is 6.84. The van der Waals surface area contributed by atoms with Crippen molar-refractivity contribution in [2.45, 2.75) is 51.7 Å². The molecule has 1 aliphatic rings. The first-order valence-corrected chi connectivity index (χ1v) is 7.53. The number of rotatable bonds is 6. The second kappa shape index (κ2) is 6.65. The lowest BCUT2D eigenvalue weighted by Crippen LogP contribution is -2.39. The minimum Gasteiger partial charge on any atom is -0.367 e. The molecule has 1 saturated heterocycles. The maximum absolute atomic E-state index is 6.22. The second-order valence-electron chi connectivity index (χ2n) is 5.79. The molecular weight excluding hydrogens is 256 g/mol. The summed E-state index contributed by atoms with van der Waals surface area (Å²) in [7, 11) is 0. The molecule has 20 heavy (non-hydrogen) atoms. The van der Waals surface area contributed by atoms with Crippen molar-refractivity contribution in [3.8, 4) is 0 Å². The fourth-order valence-corrected chi connectivity index (χ4v) is 2.60. The smallest absolute Gasteiger partial charge is 0.246 e. The Kier molecular flexibility index (Phi) is 5.12. The Morgan fingerprint density at radius 2 is 2.20 bits per heavy atom. The van der Waals surface area contributed by atoms with E-state index in [1.165, 1.54) is 0 Å². The second-order valence-corrected chi connectivity index (χ2v) is 5.79. The van der Waals surface area contributed by atoms with E-state index in [1.807, 2.05) is 6.92 Å². The minimum absolute atomic E-state index is 0.106. The van der Waals surface area contributed by atoms with E-state index >= 15 is 0 Å². The molecule has 0 radical (unpaired) electrons. The molecule has 6 heteroatoms. The van der Waals surface area contributed by atoms with E-state index in [4.69, 9.17) is 15.0 Å². The van der Waals surface area contributed by atoms with Crippen LogP contribution in [-0.4, -0.2) is 41.3 Å². The zero-order valence-corrected chi connectivity index (χ0v) is 12.8. The molecule has 2 atom stereocenters. The first kappa shape index (κ1) is 15.4. The van der Waals surface area contributed by atoms with Gasteiger partial charge in [-0.2, -0.15) is 4.98 Å². The Morgan fingerprint density at radius 3 is 2.90 bits per heavy atom. The molecule has 0 bridgehead atoms. The predicted molar refractivity (Wildman–Crippen MR) is 76.2 cm³/mol. The molecule has 2 rings (SSSR count). The summed E-state index contributed by atoms with van der Waals surface area (Å²) in [6.45, 7) is 9.79. The molecule has 0 saturated carbocycles. The van der Waals surface area contributed by atoms with Crippen molar-refractivity contribution < 1.29 is 9.26 Å². The van der Waals surface area contributed by atoms with E-state index in [0.717, 1.165) is 38.9 Å². The lowest BCUT2D eigenvalue weighted by Gasteiger charge is -2.31. The molecule has 2 unspecified atom stereocenters. The number of ether oxygens (including phenoxy) is 1. The molecule has 0 aliphatic carbocycles. The molecule has 0 spiro atoms. The lowest BCUT2D eigenvalue weighted by atomic mass is 9.98. The minimum atomic E-state index is -0.558. The van der Waals surface area contributed by atoms with Crippen molar-refractivity contribution in [3.63, 3.8) is 0 Å². The molecule has 1 aromatic heterocycles. The van der Waals surface area contributed by atoms with Crippen LogP contribution in [-0.2, 0) is 10.3 Å². The maximum atomic E-state index is 6.22. The molecule has 2 N–H and O–H groups in total. The highest BCUT2D eigenvalue weighted by Crippen LogP contribution is 2.25. The number of nitrogens with zero attached hydrogens (tertiary/aromatic N) is 3. The topological polar surface area (TPSA) is 77.4 Å². The Morgan fingerprint density at radius 1 is 1.40 bits per heavy atom. The first-order chi connectivity index (χ1) is 9.56. The average Bonchev–Trinajstić information content (AvgIpc) is 2.90. The van der Waals surface area contributed by atoms with Crippen LogP contribution < -0.4 is 5.73 Å². The van der Waals surface area contributed by atoms with E-state index < -0.39 is 5.54 Å². The number of aromatic nitrogens is 2. The molecule has 1 aliphatic heterocycles. The van der Waals surface area contributed by atoms with Gasteiger partial charge in [0.25, 0.3) is 0 Å². The van der Waals surface area contributed by atoms with Gasteiger partial charge in [0.15, 0.2) is 0 Å². The van der Waals surface area contributed by atoms with Crippen molar-refractivity contribution in [3.05, 3.63) is 11.7 Å². The summed E-state index contributed by atoms with van der Waals surface area (Å²) < 4.78 is 11.1. The molecular formula is C14H26N4O2. The largest absolute Gasteiger partial charge is 0.367 e. The summed E-state index contributed by atoms with van der Waals surface area (Å²) >= 11 is 0. The van der Waals surface area contributed by atoms with Gasteiger partial charge >= 0.3 is 0 Å². The zero-order chi connectivity index (χ0) is 14.6. The van der Waals surface area contributed by atoms with Crippen LogP contribution in [0.2, 0.25) is 0 Å². The van der Waals surface area contributed by atoms with Crippen molar-refractivity contribution in [1.29, 1.82) is 0 Å². The molecule has 6 nitrogen and oxygen atoms in total. The van der Waals surface area contributed by atoms with Crippen LogP contribution in [0.1, 0.15) is 57.9 Å². The molecule has 0 aromatic carbocycles. The highest BCUT2D eigenvalue weighted by molar-refractivity contribution is 5.02. The van der Waals surface area contributed by atoms with Crippen LogP contribution in [0.25, 0.3) is 0 Å². The van der Waals surface area contributed by atoms with Gasteiger partial charge in [-0.3, -0.25) is 4.90 Å². The van der Waals surface area contributed by atoms with Gasteiger partial charge in [-0.05, 0) is 26.3 Å². The fraction of sp³-hybridized carbons (Fsp3) is 0.857. The third kappa shape index (κ3) is 3.56. The summed E-state index contributed by atoms with van der Waals surface area (Å²) in [5.74, 6) is 1.12. The number of nitrogens with two attached hydrogens (primary N) is 1. The SMILES string of the molecule is CCCN1CCOC(c2noc(C(C)(N)CCC)n2)C1. The van der Waals surface area contributed by atoms with E-state index in [9.17, 15) is 0 Å². The Labute approximate surface area is 120 Å². The van der Waals surface area contributed by atoms with Crippen LogP contribution in [0.4, 0.5) is 0 Å². The first-order valence-electron chi connectivity index (χ1n) is 7.53.